The number of carboxylic acid groups (broad SMARTS) is 1. The average molecular weight is 293 g/mol. The van der Waals surface area contributed by atoms with Gasteiger partial charge in [0.25, 0.3) is 0 Å². The molecule has 1 fully saturated rings. The number of aliphatic carboxylic acids is 1. The summed E-state index contributed by atoms with van der Waals surface area (Å²) in [4.78, 5) is 19.6. The number of hydrogen-bond acceptors (Lipinski definition) is 5. The van der Waals surface area contributed by atoms with Crippen LogP contribution in [0, 0.1) is 5.92 Å². The zero-order valence-electron chi connectivity index (χ0n) is 12.6. The van der Waals surface area contributed by atoms with Gasteiger partial charge < -0.3 is 15.2 Å². The zero-order valence-corrected chi connectivity index (χ0v) is 12.6. The molecule has 1 aromatic rings. The molecule has 1 heterocycles. The van der Waals surface area contributed by atoms with Gasteiger partial charge in [0.2, 0.25) is 5.88 Å². The number of anilines is 1. The van der Waals surface area contributed by atoms with Gasteiger partial charge in [0, 0.05) is 12.1 Å². The topological polar surface area (TPSA) is 84.3 Å². The van der Waals surface area contributed by atoms with Crippen LogP contribution in [-0.4, -0.2) is 33.2 Å². The highest BCUT2D eigenvalue weighted by molar-refractivity contribution is 5.71. The second kappa shape index (κ2) is 7.24. The molecule has 0 saturated heterocycles. The number of ether oxygens (including phenoxy) is 1. The summed E-state index contributed by atoms with van der Waals surface area (Å²) in [5.41, 5.74) is 0. The maximum absolute atomic E-state index is 11.4. The summed E-state index contributed by atoms with van der Waals surface area (Å²) in [7, 11) is 0. The molecule has 0 spiro atoms. The smallest absolute Gasteiger partial charge is 0.308 e. The first-order chi connectivity index (χ1) is 10.1. The van der Waals surface area contributed by atoms with Crippen molar-refractivity contribution in [2.24, 2.45) is 5.92 Å². The van der Waals surface area contributed by atoms with Gasteiger partial charge in [-0.25, -0.2) is 9.97 Å². The van der Waals surface area contributed by atoms with Crippen LogP contribution >= 0.6 is 0 Å². The van der Waals surface area contributed by atoms with Gasteiger partial charge in [-0.1, -0.05) is 19.3 Å². The van der Waals surface area contributed by atoms with Gasteiger partial charge in [-0.15, -0.1) is 0 Å². The Hall–Kier alpha value is -1.85. The molecule has 1 saturated carbocycles. The third kappa shape index (κ3) is 4.58. The van der Waals surface area contributed by atoms with E-state index in [2.05, 4.69) is 15.3 Å². The second-order valence-electron chi connectivity index (χ2n) is 5.74. The van der Waals surface area contributed by atoms with E-state index in [1.807, 2.05) is 13.8 Å². The molecule has 1 aromatic heterocycles. The molecule has 1 aliphatic carbocycles. The Labute approximate surface area is 124 Å². The molecule has 6 heteroatoms. The summed E-state index contributed by atoms with van der Waals surface area (Å²) in [5.74, 6) is 0.0286. The van der Waals surface area contributed by atoms with Crippen LogP contribution in [0.3, 0.4) is 0 Å². The van der Waals surface area contributed by atoms with E-state index < -0.39 is 5.97 Å². The van der Waals surface area contributed by atoms with Crippen LogP contribution in [0.2, 0.25) is 0 Å². The normalized spacial score (nSPS) is 22.6. The molecule has 0 aliphatic heterocycles. The standard InChI is InChI=1S/C15H23N3O3/c1-10(2)21-14-8-13(16-9-17-14)18-12-7-5-3-4-6-11(12)15(19)20/h8-12H,3-7H2,1-2H3,(H,19,20)(H,16,17,18). The molecule has 6 nitrogen and oxygen atoms in total. The molecular weight excluding hydrogens is 270 g/mol. The molecule has 2 atom stereocenters. The summed E-state index contributed by atoms with van der Waals surface area (Å²) in [5, 5.41) is 12.6. The Morgan fingerprint density at radius 3 is 2.81 bits per heavy atom. The lowest BCUT2D eigenvalue weighted by Gasteiger charge is -2.23. The van der Waals surface area contributed by atoms with E-state index >= 15 is 0 Å². The van der Waals surface area contributed by atoms with Crippen LogP contribution in [-0.2, 0) is 4.79 Å². The SMILES string of the molecule is CC(C)Oc1cc(NC2CCCCCC2C(=O)O)ncn1. The molecule has 0 bridgehead atoms. The van der Waals surface area contributed by atoms with Crippen molar-refractivity contribution in [3.05, 3.63) is 12.4 Å². The summed E-state index contributed by atoms with van der Waals surface area (Å²) >= 11 is 0. The first-order valence-corrected chi connectivity index (χ1v) is 7.54. The van der Waals surface area contributed by atoms with Gasteiger partial charge >= 0.3 is 5.97 Å². The fourth-order valence-corrected chi connectivity index (χ4v) is 2.69. The number of aromatic nitrogens is 2. The van der Waals surface area contributed by atoms with Gasteiger partial charge in [-0.3, -0.25) is 4.79 Å². The highest BCUT2D eigenvalue weighted by Crippen LogP contribution is 2.26. The minimum Gasteiger partial charge on any atom is -0.481 e. The Balaban J connectivity index is 2.09. The molecule has 2 rings (SSSR count). The van der Waals surface area contributed by atoms with Gasteiger partial charge in [-0.2, -0.15) is 0 Å². The fourth-order valence-electron chi connectivity index (χ4n) is 2.69. The van der Waals surface area contributed by atoms with Crippen molar-refractivity contribution in [3.8, 4) is 5.88 Å². The second-order valence-corrected chi connectivity index (χ2v) is 5.74. The fraction of sp³-hybridized carbons (Fsp3) is 0.667. The van der Waals surface area contributed by atoms with Crippen molar-refractivity contribution >= 4 is 11.8 Å². The van der Waals surface area contributed by atoms with E-state index in [0.717, 1.165) is 25.7 Å². The van der Waals surface area contributed by atoms with E-state index in [4.69, 9.17) is 4.74 Å². The Morgan fingerprint density at radius 2 is 2.10 bits per heavy atom. The van der Waals surface area contributed by atoms with Crippen molar-refractivity contribution in [3.63, 3.8) is 0 Å². The van der Waals surface area contributed by atoms with Gasteiger partial charge in [0.1, 0.15) is 12.1 Å². The highest BCUT2D eigenvalue weighted by Gasteiger charge is 2.29. The van der Waals surface area contributed by atoms with Crippen molar-refractivity contribution in [2.45, 2.75) is 58.1 Å². The zero-order chi connectivity index (χ0) is 15.2. The van der Waals surface area contributed by atoms with Crippen molar-refractivity contribution in [1.82, 2.24) is 9.97 Å². The minimum absolute atomic E-state index is 0.0393. The van der Waals surface area contributed by atoms with Crippen LogP contribution in [0.5, 0.6) is 5.88 Å². The number of hydrogen-bond donors (Lipinski definition) is 2. The first kappa shape index (κ1) is 15.5. The van der Waals surface area contributed by atoms with Gasteiger partial charge in [-0.05, 0) is 26.7 Å². The largest absolute Gasteiger partial charge is 0.481 e. The summed E-state index contributed by atoms with van der Waals surface area (Å²) in [6, 6.07) is 1.64. The number of nitrogens with one attached hydrogen (secondary N) is 1. The predicted octanol–water partition coefficient (Wildman–Crippen LogP) is 2.71. The summed E-state index contributed by atoms with van der Waals surface area (Å²) in [6.07, 6.45) is 6.15. The maximum atomic E-state index is 11.4. The highest BCUT2D eigenvalue weighted by atomic mass is 16.5. The lowest BCUT2D eigenvalue weighted by atomic mass is 9.95. The number of carboxylic acids is 1. The summed E-state index contributed by atoms with van der Waals surface area (Å²) in [6.45, 7) is 3.86. The van der Waals surface area contributed by atoms with Crippen LogP contribution in [0.4, 0.5) is 5.82 Å². The first-order valence-electron chi connectivity index (χ1n) is 7.54. The molecular formula is C15H23N3O3. The number of carbonyl (C=O) groups is 1. The maximum Gasteiger partial charge on any atom is 0.308 e. The average Bonchev–Trinajstić information content (AvgIpc) is 2.64. The Kier molecular flexibility index (Phi) is 5.36. The van der Waals surface area contributed by atoms with Crippen LogP contribution in [0.1, 0.15) is 46.0 Å². The molecule has 2 unspecified atom stereocenters. The van der Waals surface area contributed by atoms with Crippen LogP contribution in [0.25, 0.3) is 0 Å². The van der Waals surface area contributed by atoms with E-state index in [1.54, 1.807) is 6.07 Å². The minimum atomic E-state index is -0.734. The molecule has 0 radical (unpaired) electrons. The van der Waals surface area contributed by atoms with Crippen molar-refractivity contribution in [1.29, 1.82) is 0 Å². The predicted molar refractivity (Wildman–Crippen MR) is 79.4 cm³/mol. The van der Waals surface area contributed by atoms with Crippen LogP contribution < -0.4 is 10.1 Å². The third-order valence-electron chi connectivity index (χ3n) is 3.66. The molecule has 116 valence electrons. The number of rotatable bonds is 5. The lowest BCUT2D eigenvalue weighted by Crippen LogP contribution is -2.34. The lowest BCUT2D eigenvalue weighted by molar-refractivity contribution is -0.142. The van der Waals surface area contributed by atoms with Crippen molar-refractivity contribution < 1.29 is 14.6 Å². The molecule has 1 aliphatic rings. The summed E-state index contributed by atoms with van der Waals surface area (Å²) < 4.78 is 5.54. The van der Waals surface area contributed by atoms with Gasteiger partial charge in [0.15, 0.2) is 0 Å². The molecule has 2 N–H and O–H groups in total. The Bertz CT molecular complexity index is 479. The monoisotopic (exact) mass is 293 g/mol. The Morgan fingerprint density at radius 1 is 1.33 bits per heavy atom. The quantitative estimate of drug-likeness (QED) is 0.812. The molecule has 21 heavy (non-hydrogen) atoms. The van der Waals surface area contributed by atoms with Gasteiger partial charge in [0.05, 0.1) is 12.0 Å². The van der Waals surface area contributed by atoms with Crippen molar-refractivity contribution in [2.75, 3.05) is 5.32 Å². The van der Waals surface area contributed by atoms with E-state index in [1.165, 1.54) is 6.33 Å². The molecule has 0 aromatic carbocycles. The third-order valence-corrected chi connectivity index (χ3v) is 3.66. The van der Waals surface area contributed by atoms with Crippen LogP contribution in [0.15, 0.2) is 12.4 Å². The van der Waals surface area contributed by atoms with E-state index in [9.17, 15) is 9.90 Å². The number of nitrogens with zero attached hydrogens (tertiary/aromatic N) is 2. The van der Waals surface area contributed by atoms with E-state index in [-0.39, 0.29) is 18.1 Å². The van der Waals surface area contributed by atoms with E-state index in [0.29, 0.717) is 18.1 Å². The molecule has 0 amide bonds.